The van der Waals surface area contributed by atoms with E-state index < -0.39 is 0 Å². The van der Waals surface area contributed by atoms with Gasteiger partial charge in [0.2, 0.25) is 0 Å². The third-order valence-corrected chi connectivity index (χ3v) is 4.50. The molecule has 0 unspecified atom stereocenters. The SMILES string of the molecule is Clc1ccc(CCc2nc3ccccc3c3ccccc23)cc1. The molecule has 2 heteroatoms. The number of hydrogen-bond donors (Lipinski definition) is 0. The van der Waals surface area contributed by atoms with E-state index >= 15 is 0 Å². The lowest BCUT2D eigenvalue weighted by Crippen LogP contribution is -1.97. The Kier molecular flexibility index (Phi) is 3.72. The van der Waals surface area contributed by atoms with Gasteiger partial charge >= 0.3 is 0 Å². The maximum absolute atomic E-state index is 5.96. The van der Waals surface area contributed by atoms with E-state index in [9.17, 15) is 0 Å². The molecule has 1 heterocycles. The highest BCUT2D eigenvalue weighted by atomic mass is 35.5. The second kappa shape index (κ2) is 6.02. The Bertz CT molecular complexity index is 974. The molecule has 112 valence electrons. The number of pyridine rings is 1. The Hall–Kier alpha value is -2.38. The van der Waals surface area contributed by atoms with Crippen LogP contribution < -0.4 is 0 Å². The second-order valence-electron chi connectivity index (χ2n) is 5.75. The Morgan fingerprint density at radius 1 is 0.652 bits per heavy atom. The van der Waals surface area contributed by atoms with E-state index in [1.54, 1.807) is 0 Å². The number of aryl methyl sites for hydroxylation is 2. The summed E-state index contributed by atoms with van der Waals surface area (Å²) < 4.78 is 0. The zero-order valence-electron chi connectivity index (χ0n) is 12.7. The zero-order chi connectivity index (χ0) is 15.6. The van der Waals surface area contributed by atoms with Crippen molar-refractivity contribution in [1.29, 1.82) is 0 Å². The number of rotatable bonds is 3. The fourth-order valence-electron chi connectivity index (χ4n) is 3.08. The first kappa shape index (κ1) is 14.2. The van der Waals surface area contributed by atoms with Crippen LogP contribution in [0.25, 0.3) is 21.7 Å². The van der Waals surface area contributed by atoms with E-state index in [1.807, 2.05) is 18.2 Å². The van der Waals surface area contributed by atoms with Crippen LogP contribution in [-0.2, 0) is 12.8 Å². The third kappa shape index (κ3) is 2.80. The van der Waals surface area contributed by atoms with Gasteiger partial charge in [0.15, 0.2) is 0 Å². The van der Waals surface area contributed by atoms with E-state index in [2.05, 4.69) is 54.6 Å². The predicted molar refractivity (Wildman–Crippen MR) is 98.1 cm³/mol. The molecule has 1 nitrogen and oxygen atoms in total. The lowest BCUT2D eigenvalue weighted by molar-refractivity contribution is 0.933. The summed E-state index contributed by atoms with van der Waals surface area (Å²) in [6.45, 7) is 0. The van der Waals surface area contributed by atoms with Crippen molar-refractivity contribution in [2.24, 2.45) is 0 Å². The fraction of sp³-hybridized carbons (Fsp3) is 0.0952. The van der Waals surface area contributed by atoms with Crippen molar-refractivity contribution in [1.82, 2.24) is 4.98 Å². The molecule has 0 radical (unpaired) electrons. The first-order valence-electron chi connectivity index (χ1n) is 7.82. The quantitative estimate of drug-likeness (QED) is 0.433. The number of halogens is 1. The summed E-state index contributed by atoms with van der Waals surface area (Å²) in [7, 11) is 0. The van der Waals surface area contributed by atoms with E-state index in [1.165, 1.54) is 21.7 Å². The molecular formula is C21H16ClN. The van der Waals surface area contributed by atoms with Crippen molar-refractivity contribution in [3.8, 4) is 0 Å². The second-order valence-corrected chi connectivity index (χ2v) is 6.18. The summed E-state index contributed by atoms with van der Waals surface area (Å²) in [5.41, 5.74) is 3.51. The maximum atomic E-state index is 5.96. The van der Waals surface area contributed by atoms with Crippen LogP contribution in [0.3, 0.4) is 0 Å². The first-order chi connectivity index (χ1) is 11.3. The molecule has 0 aliphatic heterocycles. The molecular weight excluding hydrogens is 302 g/mol. The van der Waals surface area contributed by atoms with Crippen molar-refractivity contribution in [3.63, 3.8) is 0 Å². The Morgan fingerprint density at radius 2 is 1.30 bits per heavy atom. The number of benzene rings is 3. The van der Waals surface area contributed by atoms with Gasteiger partial charge in [-0.15, -0.1) is 0 Å². The zero-order valence-corrected chi connectivity index (χ0v) is 13.4. The minimum Gasteiger partial charge on any atom is -0.252 e. The van der Waals surface area contributed by atoms with E-state index in [-0.39, 0.29) is 0 Å². The van der Waals surface area contributed by atoms with Gasteiger partial charge in [-0.25, -0.2) is 0 Å². The molecule has 0 spiro atoms. The number of hydrogen-bond acceptors (Lipinski definition) is 1. The van der Waals surface area contributed by atoms with E-state index in [0.29, 0.717) is 0 Å². The van der Waals surface area contributed by atoms with Crippen molar-refractivity contribution in [2.75, 3.05) is 0 Å². The summed E-state index contributed by atoms with van der Waals surface area (Å²) >= 11 is 5.96. The molecule has 4 rings (SSSR count). The molecule has 0 bridgehead atoms. The molecule has 0 aliphatic rings. The van der Waals surface area contributed by atoms with Gasteiger partial charge in [0.25, 0.3) is 0 Å². The summed E-state index contributed by atoms with van der Waals surface area (Å²) in [6.07, 6.45) is 1.89. The fourth-order valence-corrected chi connectivity index (χ4v) is 3.20. The largest absolute Gasteiger partial charge is 0.252 e. The van der Waals surface area contributed by atoms with Crippen molar-refractivity contribution < 1.29 is 0 Å². The third-order valence-electron chi connectivity index (χ3n) is 4.25. The highest BCUT2D eigenvalue weighted by Crippen LogP contribution is 2.27. The molecule has 0 fully saturated rings. The molecule has 0 N–H and O–H groups in total. The molecule has 0 saturated carbocycles. The Balaban J connectivity index is 1.77. The predicted octanol–water partition coefficient (Wildman–Crippen LogP) is 5.83. The van der Waals surface area contributed by atoms with Gasteiger partial charge in [-0.3, -0.25) is 4.98 Å². The van der Waals surface area contributed by atoms with Crippen LogP contribution in [0.5, 0.6) is 0 Å². The highest BCUT2D eigenvalue weighted by molar-refractivity contribution is 6.30. The van der Waals surface area contributed by atoms with Gasteiger partial charge in [-0.1, -0.05) is 66.2 Å². The molecule has 3 aromatic carbocycles. The Labute approximate surface area is 140 Å². The minimum absolute atomic E-state index is 0.781. The van der Waals surface area contributed by atoms with E-state index in [0.717, 1.165) is 29.1 Å². The number of nitrogens with zero attached hydrogens (tertiary/aromatic N) is 1. The van der Waals surface area contributed by atoms with Crippen LogP contribution in [0.15, 0.2) is 72.8 Å². The van der Waals surface area contributed by atoms with Crippen molar-refractivity contribution >= 4 is 33.3 Å². The van der Waals surface area contributed by atoms with Crippen LogP contribution in [0.4, 0.5) is 0 Å². The summed E-state index contributed by atoms with van der Waals surface area (Å²) in [6, 6.07) is 25.0. The smallest absolute Gasteiger partial charge is 0.0711 e. The van der Waals surface area contributed by atoms with E-state index in [4.69, 9.17) is 16.6 Å². The summed E-state index contributed by atoms with van der Waals surface area (Å²) in [5.74, 6) is 0. The van der Waals surface area contributed by atoms with Crippen LogP contribution in [0, 0.1) is 0 Å². The standard InChI is InChI=1S/C21H16ClN/c22-16-12-9-15(10-13-16)11-14-21-19-6-2-1-5-17(19)18-7-3-4-8-20(18)23-21/h1-10,12-13H,11,14H2. The number of fused-ring (bicyclic) bond motifs is 3. The van der Waals surface area contributed by atoms with Crippen LogP contribution in [0.1, 0.15) is 11.3 Å². The van der Waals surface area contributed by atoms with Crippen molar-refractivity contribution in [3.05, 3.63) is 89.1 Å². The van der Waals surface area contributed by atoms with Gasteiger partial charge in [0, 0.05) is 21.5 Å². The van der Waals surface area contributed by atoms with Gasteiger partial charge in [-0.2, -0.15) is 0 Å². The lowest BCUT2D eigenvalue weighted by Gasteiger charge is -2.10. The monoisotopic (exact) mass is 317 g/mol. The molecule has 0 amide bonds. The van der Waals surface area contributed by atoms with Gasteiger partial charge < -0.3 is 0 Å². The van der Waals surface area contributed by atoms with Gasteiger partial charge in [0.05, 0.1) is 5.52 Å². The van der Waals surface area contributed by atoms with Crippen molar-refractivity contribution in [2.45, 2.75) is 12.8 Å². The van der Waals surface area contributed by atoms with Gasteiger partial charge in [-0.05, 0) is 42.0 Å². The summed E-state index contributed by atoms with van der Waals surface area (Å²) in [5, 5.41) is 4.53. The van der Waals surface area contributed by atoms with Crippen LogP contribution in [-0.4, -0.2) is 4.98 Å². The molecule has 4 aromatic rings. The average Bonchev–Trinajstić information content (AvgIpc) is 2.61. The Morgan fingerprint density at radius 3 is 2.09 bits per heavy atom. The maximum Gasteiger partial charge on any atom is 0.0711 e. The molecule has 1 aromatic heterocycles. The first-order valence-corrected chi connectivity index (χ1v) is 8.20. The normalized spacial score (nSPS) is 11.2. The molecule has 0 aliphatic carbocycles. The highest BCUT2D eigenvalue weighted by Gasteiger charge is 2.07. The average molecular weight is 318 g/mol. The number of para-hydroxylation sites is 1. The topological polar surface area (TPSA) is 12.9 Å². The molecule has 0 saturated heterocycles. The molecule has 23 heavy (non-hydrogen) atoms. The van der Waals surface area contributed by atoms with Crippen LogP contribution in [0.2, 0.25) is 5.02 Å². The van der Waals surface area contributed by atoms with Crippen LogP contribution >= 0.6 is 11.6 Å². The minimum atomic E-state index is 0.781. The number of aromatic nitrogens is 1. The molecule has 0 atom stereocenters. The lowest BCUT2D eigenvalue weighted by atomic mass is 10.0. The van der Waals surface area contributed by atoms with Gasteiger partial charge in [0.1, 0.15) is 0 Å². The summed E-state index contributed by atoms with van der Waals surface area (Å²) in [4.78, 5) is 4.91.